The van der Waals surface area contributed by atoms with E-state index >= 15 is 8.78 Å². The van der Waals surface area contributed by atoms with Gasteiger partial charge in [0, 0.05) is 40.6 Å². The summed E-state index contributed by atoms with van der Waals surface area (Å²) in [5, 5.41) is 16.8. The second kappa shape index (κ2) is 10.5. The lowest BCUT2D eigenvalue weighted by atomic mass is 9.63. The maximum absolute atomic E-state index is 15.5. The van der Waals surface area contributed by atoms with Gasteiger partial charge in [-0.2, -0.15) is 5.26 Å². The number of amides is 1. The number of benzene rings is 2. The van der Waals surface area contributed by atoms with E-state index in [-0.39, 0.29) is 27.1 Å². The highest BCUT2D eigenvalue weighted by Gasteiger charge is 2.60. The Kier molecular flexibility index (Phi) is 7.60. The summed E-state index contributed by atoms with van der Waals surface area (Å²) >= 11 is 12.1. The summed E-state index contributed by atoms with van der Waals surface area (Å²) in [6.45, 7) is 3.92. The van der Waals surface area contributed by atoms with E-state index in [1.807, 2.05) is 13.8 Å². The first-order valence-electron chi connectivity index (χ1n) is 11.5. The Hall–Kier alpha value is -3.05. The molecular weight excluding hydrogens is 505 g/mol. The molecule has 4 rings (SSSR count). The highest BCUT2D eigenvalue weighted by molar-refractivity contribution is 6.31. The molecule has 2 aromatic carbocycles. The van der Waals surface area contributed by atoms with Crippen molar-refractivity contribution in [3.05, 3.63) is 93.7 Å². The van der Waals surface area contributed by atoms with E-state index < -0.39 is 41.0 Å². The summed E-state index contributed by atoms with van der Waals surface area (Å²) < 4.78 is 31.0. The monoisotopic (exact) mass is 528 g/mol. The molecule has 5 nitrogen and oxygen atoms in total. The highest BCUT2D eigenvalue weighted by Crippen LogP contribution is 2.52. The maximum atomic E-state index is 15.5. The van der Waals surface area contributed by atoms with Crippen molar-refractivity contribution in [1.29, 1.82) is 5.26 Å². The minimum Gasteiger partial charge on any atom is -0.325 e. The van der Waals surface area contributed by atoms with Crippen LogP contribution in [-0.4, -0.2) is 23.0 Å². The Labute approximate surface area is 218 Å². The van der Waals surface area contributed by atoms with Crippen LogP contribution in [0.4, 0.5) is 14.5 Å². The van der Waals surface area contributed by atoms with Crippen molar-refractivity contribution in [2.75, 3.05) is 5.32 Å². The van der Waals surface area contributed by atoms with E-state index in [4.69, 9.17) is 23.2 Å². The zero-order valence-electron chi connectivity index (χ0n) is 19.6. The molecule has 0 aliphatic carbocycles. The van der Waals surface area contributed by atoms with Crippen molar-refractivity contribution in [2.24, 2.45) is 5.92 Å². The zero-order chi connectivity index (χ0) is 26.0. The van der Waals surface area contributed by atoms with Crippen LogP contribution in [0.25, 0.3) is 0 Å². The van der Waals surface area contributed by atoms with Gasteiger partial charge in [-0.25, -0.2) is 8.78 Å². The molecule has 4 atom stereocenters. The van der Waals surface area contributed by atoms with Gasteiger partial charge in [-0.05, 0) is 48.2 Å². The largest absolute Gasteiger partial charge is 0.325 e. The van der Waals surface area contributed by atoms with Crippen LogP contribution in [0, 0.1) is 28.9 Å². The van der Waals surface area contributed by atoms with Crippen LogP contribution in [0.5, 0.6) is 0 Å². The lowest BCUT2D eigenvalue weighted by molar-refractivity contribution is -0.118. The number of hydrogen-bond acceptors (Lipinski definition) is 4. The second-order valence-electron chi connectivity index (χ2n) is 9.28. The van der Waals surface area contributed by atoms with Crippen molar-refractivity contribution in [3.8, 4) is 6.07 Å². The topological polar surface area (TPSA) is 77.8 Å². The first-order valence-corrected chi connectivity index (χ1v) is 12.2. The van der Waals surface area contributed by atoms with Crippen molar-refractivity contribution >= 4 is 34.8 Å². The van der Waals surface area contributed by atoms with Crippen LogP contribution in [0.2, 0.25) is 10.0 Å². The van der Waals surface area contributed by atoms with Crippen molar-refractivity contribution in [2.45, 2.75) is 43.7 Å². The molecule has 9 heteroatoms. The number of rotatable bonds is 6. The Morgan fingerprint density at radius 1 is 1.19 bits per heavy atom. The third-order valence-corrected chi connectivity index (χ3v) is 7.10. The smallest absolute Gasteiger partial charge is 0.242 e. The van der Waals surface area contributed by atoms with E-state index in [9.17, 15) is 10.1 Å². The molecule has 186 valence electrons. The molecule has 1 saturated heterocycles. The average molecular weight is 529 g/mol. The SMILES string of the molecule is CC(C)C[C@@H]1N[C@@H](C(=O)Nc2ccncc2)[C@H](c2cccc(Cl)c2F)[C@@]1(C#N)c1ccc(Cl)cc1F. The molecule has 0 bridgehead atoms. The third kappa shape index (κ3) is 4.69. The van der Waals surface area contributed by atoms with Crippen molar-refractivity contribution in [3.63, 3.8) is 0 Å². The minimum atomic E-state index is -1.65. The summed E-state index contributed by atoms with van der Waals surface area (Å²) in [5.74, 6) is -2.99. The van der Waals surface area contributed by atoms with Gasteiger partial charge in [-0.15, -0.1) is 0 Å². The molecule has 2 N–H and O–H groups in total. The van der Waals surface area contributed by atoms with Gasteiger partial charge in [0.15, 0.2) is 0 Å². The van der Waals surface area contributed by atoms with Gasteiger partial charge in [0.2, 0.25) is 5.91 Å². The van der Waals surface area contributed by atoms with Crippen LogP contribution >= 0.6 is 23.2 Å². The van der Waals surface area contributed by atoms with E-state index in [1.54, 1.807) is 18.2 Å². The summed E-state index contributed by atoms with van der Waals surface area (Å²) in [6, 6.07) is 12.2. The quantitative estimate of drug-likeness (QED) is 0.397. The zero-order valence-corrected chi connectivity index (χ0v) is 21.1. The minimum absolute atomic E-state index is 0.0381. The first-order chi connectivity index (χ1) is 17.2. The normalized spacial score (nSPS) is 23.4. The summed E-state index contributed by atoms with van der Waals surface area (Å²) in [7, 11) is 0. The number of carbonyl (C=O) groups excluding carboxylic acids is 1. The van der Waals surface area contributed by atoms with Crippen molar-refractivity contribution in [1.82, 2.24) is 10.3 Å². The molecular formula is C27H24Cl2F2N4O. The van der Waals surface area contributed by atoms with Crippen LogP contribution in [0.3, 0.4) is 0 Å². The molecule has 3 aromatic rings. The van der Waals surface area contributed by atoms with Gasteiger partial charge >= 0.3 is 0 Å². The number of halogens is 4. The molecule has 1 amide bonds. The molecule has 36 heavy (non-hydrogen) atoms. The molecule has 0 spiro atoms. The molecule has 0 radical (unpaired) electrons. The molecule has 0 saturated carbocycles. The lowest BCUT2D eigenvalue weighted by Crippen LogP contribution is -2.43. The Morgan fingerprint density at radius 2 is 1.92 bits per heavy atom. The lowest BCUT2D eigenvalue weighted by Gasteiger charge is -2.36. The van der Waals surface area contributed by atoms with Gasteiger partial charge in [-0.1, -0.05) is 55.2 Å². The molecule has 1 aliphatic heterocycles. The first kappa shape index (κ1) is 26.0. The van der Waals surface area contributed by atoms with Gasteiger partial charge in [0.1, 0.15) is 17.0 Å². The predicted octanol–water partition coefficient (Wildman–Crippen LogP) is 6.24. The Balaban J connectivity index is 1.96. The predicted molar refractivity (Wildman–Crippen MR) is 136 cm³/mol. The van der Waals surface area contributed by atoms with E-state index in [1.165, 1.54) is 36.7 Å². The van der Waals surface area contributed by atoms with E-state index in [0.717, 1.165) is 6.07 Å². The average Bonchev–Trinajstić information content (AvgIpc) is 3.15. The molecule has 2 heterocycles. The van der Waals surface area contributed by atoms with Gasteiger partial charge < -0.3 is 10.6 Å². The maximum Gasteiger partial charge on any atom is 0.242 e. The number of nitrogens with zero attached hydrogens (tertiary/aromatic N) is 2. The fourth-order valence-corrected chi connectivity index (χ4v) is 5.45. The van der Waals surface area contributed by atoms with Crippen LogP contribution in [0.1, 0.15) is 37.3 Å². The molecule has 1 aromatic heterocycles. The Bertz CT molecular complexity index is 1310. The van der Waals surface area contributed by atoms with E-state index in [0.29, 0.717) is 12.1 Å². The number of anilines is 1. The number of carbonyl (C=O) groups is 1. The van der Waals surface area contributed by atoms with Gasteiger partial charge in [0.05, 0.1) is 17.1 Å². The van der Waals surface area contributed by atoms with Gasteiger partial charge in [-0.3, -0.25) is 9.78 Å². The van der Waals surface area contributed by atoms with Crippen LogP contribution in [0.15, 0.2) is 60.9 Å². The fraction of sp³-hybridized carbons (Fsp3) is 0.296. The number of pyridine rings is 1. The Morgan fingerprint density at radius 3 is 2.56 bits per heavy atom. The third-order valence-electron chi connectivity index (χ3n) is 6.57. The summed E-state index contributed by atoms with van der Waals surface area (Å²) in [6.07, 6.45) is 3.47. The number of nitriles is 1. The van der Waals surface area contributed by atoms with Crippen LogP contribution < -0.4 is 10.6 Å². The van der Waals surface area contributed by atoms with E-state index in [2.05, 4.69) is 21.7 Å². The molecule has 0 unspecified atom stereocenters. The highest BCUT2D eigenvalue weighted by atomic mass is 35.5. The summed E-state index contributed by atoms with van der Waals surface area (Å²) in [5.41, 5.74) is -1.08. The fourth-order valence-electron chi connectivity index (χ4n) is 5.11. The molecule has 1 aliphatic rings. The molecule has 1 fully saturated rings. The van der Waals surface area contributed by atoms with Crippen molar-refractivity contribution < 1.29 is 13.6 Å². The second-order valence-corrected chi connectivity index (χ2v) is 10.1. The van der Waals surface area contributed by atoms with Crippen LogP contribution in [-0.2, 0) is 10.2 Å². The number of hydrogen-bond donors (Lipinski definition) is 2. The number of aromatic nitrogens is 1. The van der Waals surface area contributed by atoms with Gasteiger partial charge in [0.25, 0.3) is 0 Å². The standard InChI is InChI=1S/C27H24Cl2F2N4O/c1-15(2)12-22-27(14-32,19-7-6-16(28)13-21(19)30)23(18-4-3-5-20(29)24(18)31)25(35-22)26(36)34-17-8-10-33-11-9-17/h3-11,13,15,22-23,25,35H,12H2,1-2H3,(H,33,34,36)/t22-,23-,25+,27-/m0/s1. The number of nitrogens with one attached hydrogen (secondary N) is 2. The summed E-state index contributed by atoms with van der Waals surface area (Å²) in [4.78, 5) is 17.6.